The van der Waals surface area contributed by atoms with Gasteiger partial charge in [-0.15, -0.1) is 0 Å². The minimum Gasteiger partial charge on any atom is -0.311 e. The van der Waals surface area contributed by atoms with Crippen LogP contribution in [0.15, 0.2) is 41.3 Å². The lowest BCUT2D eigenvalue weighted by molar-refractivity contribution is -0.116. The maximum absolute atomic E-state index is 12.2. The van der Waals surface area contributed by atoms with Crippen LogP contribution in [0.2, 0.25) is 0 Å². The maximum Gasteiger partial charge on any atom is 0.258 e. The van der Waals surface area contributed by atoms with E-state index in [0.717, 1.165) is 6.42 Å². The molecule has 3 rings (SSSR count). The molecule has 26 heavy (non-hydrogen) atoms. The highest BCUT2D eigenvalue weighted by molar-refractivity contribution is 5.89. The molecule has 2 N–H and O–H groups in total. The molecule has 7 heteroatoms. The van der Waals surface area contributed by atoms with E-state index in [4.69, 9.17) is 0 Å². The van der Waals surface area contributed by atoms with Crippen LogP contribution in [-0.4, -0.2) is 25.7 Å². The molecular weight excluding hydrogens is 330 g/mol. The Balaban J connectivity index is 1.58. The lowest BCUT2D eigenvalue weighted by Crippen LogP contribution is -2.17. The highest BCUT2D eigenvalue weighted by Crippen LogP contribution is 2.16. The van der Waals surface area contributed by atoms with Crippen molar-refractivity contribution >= 4 is 22.6 Å². The molecule has 7 nitrogen and oxygen atoms in total. The van der Waals surface area contributed by atoms with Gasteiger partial charge in [-0.1, -0.05) is 19.1 Å². The zero-order chi connectivity index (χ0) is 18.5. The fourth-order valence-electron chi connectivity index (χ4n) is 2.81. The topological polar surface area (TPSA) is 92.7 Å². The van der Waals surface area contributed by atoms with Crippen molar-refractivity contribution in [1.82, 2.24) is 19.7 Å². The molecule has 0 saturated heterocycles. The van der Waals surface area contributed by atoms with E-state index < -0.39 is 0 Å². The van der Waals surface area contributed by atoms with Crippen molar-refractivity contribution in [3.63, 3.8) is 0 Å². The van der Waals surface area contributed by atoms with Gasteiger partial charge in [0.15, 0.2) is 0 Å². The summed E-state index contributed by atoms with van der Waals surface area (Å²) in [5.41, 5.74) is 0.528. The first kappa shape index (κ1) is 17.8. The van der Waals surface area contributed by atoms with Crippen molar-refractivity contribution < 1.29 is 4.79 Å². The first-order valence-corrected chi connectivity index (χ1v) is 8.89. The Kier molecular flexibility index (Phi) is 5.46. The van der Waals surface area contributed by atoms with Crippen LogP contribution in [0.3, 0.4) is 0 Å². The number of hydrogen-bond donors (Lipinski definition) is 2. The number of H-pyrrole nitrogens is 1. The number of nitrogens with one attached hydrogen (secondary N) is 2. The average molecular weight is 353 g/mol. The predicted octanol–water partition coefficient (Wildman–Crippen LogP) is 3.05. The molecule has 0 aliphatic heterocycles. The number of benzene rings is 1. The first-order valence-electron chi connectivity index (χ1n) is 8.89. The molecule has 1 aromatic carbocycles. The number of fused-ring (bicyclic) bond motifs is 1. The molecule has 2 heterocycles. The first-order chi connectivity index (χ1) is 12.6. The summed E-state index contributed by atoms with van der Waals surface area (Å²) in [5, 5.41) is 7.74. The van der Waals surface area contributed by atoms with Gasteiger partial charge in [0.1, 0.15) is 11.6 Å². The molecule has 3 aromatic rings. The summed E-state index contributed by atoms with van der Waals surface area (Å²) in [7, 11) is 0. The van der Waals surface area contributed by atoms with Gasteiger partial charge in [-0.2, -0.15) is 5.10 Å². The molecule has 0 fully saturated rings. The Hall–Kier alpha value is -2.96. The van der Waals surface area contributed by atoms with E-state index in [2.05, 4.69) is 34.2 Å². The van der Waals surface area contributed by atoms with E-state index >= 15 is 0 Å². The summed E-state index contributed by atoms with van der Waals surface area (Å²) in [6.45, 7) is 4.14. The number of aryl methyl sites for hydroxylation is 1. The van der Waals surface area contributed by atoms with Gasteiger partial charge in [-0.25, -0.2) is 9.67 Å². The summed E-state index contributed by atoms with van der Waals surface area (Å²) in [5.74, 6) is 1.24. The monoisotopic (exact) mass is 353 g/mol. The van der Waals surface area contributed by atoms with Crippen molar-refractivity contribution in [2.45, 2.75) is 45.6 Å². The highest BCUT2D eigenvalue weighted by Gasteiger charge is 2.11. The van der Waals surface area contributed by atoms with Gasteiger partial charge in [-0.05, 0) is 31.9 Å². The normalized spacial score (nSPS) is 12.2. The largest absolute Gasteiger partial charge is 0.311 e. The molecule has 1 atom stereocenters. The Morgan fingerprint density at radius 1 is 1.31 bits per heavy atom. The lowest BCUT2D eigenvalue weighted by atomic mass is 10.2. The summed E-state index contributed by atoms with van der Waals surface area (Å²) >= 11 is 0. The van der Waals surface area contributed by atoms with E-state index in [9.17, 15) is 9.59 Å². The van der Waals surface area contributed by atoms with Crippen LogP contribution in [0.5, 0.6) is 0 Å². The summed E-state index contributed by atoms with van der Waals surface area (Å²) < 4.78 is 1.82. The predicted molar refractivity (Wildman–Crippen MR) is 101 cm³/mol. The standard InChI is InChI=1S/C19H23N5O2/c1-3-13(2)24-17(11-12-20-24)23-18(25)10-6-9-16-21-15-8-5-4-7-14(15)19(26)22-16/h4-5,7-8,11-13H,3,6,9-10H2,1-2H3,(H,23,25)(H,21,22,26). The Morgan fingerprint density at radius 2 is 2.12 bits per heavy atom. The van der Waals surface area contributed by atoms with Gasteiger partial charge in [-0.3, -0.25) is 9.59 Å². The molecular formula is C19H23N5O2. The number of hydrogen-bond acceptors (Lipinski definition) is 4. The van der Waals surface area contributed by atoms with Crippen molar-refractivity contribution in [3.8, 4) is 0 Å². The molecule has 0 radical (unpaired) electrons. The molecule has 0 bridgehead atoms. The second kappa shape index (κ2) is 7.95. The van der Waals surface area contributed by atoms with E-state index in [1.807, 2.05) is 22.9 Å². The van der Waals surface area contributed by atoms with Crippen LogP contribution < -0.4 is 10.9 Å². The van der Waals surface area contributed by atoms with Gasteiger partial charge in [0.05, 0.1) is 23.1 Å². The number of anilines is 1. The van der Waals surface area contributed by atoms with Gasteiger partial charge in [0.2, 0.25) is 5.91 Å². The molecule has 136 valence electrons. The fourth-order valence-corrected chi connectivity index (χ4v) is 2.81. The third-order valence-corrected chi connectivity index (χ3v) is 4.43. The van der Waals surface area contributed by atoms with E-state index in [1.54, 1.807) is 18.3 Å². The molecule has 0 spiro atoms. The highest BCUT2D eigenvalue weighted by atomic mass is 16.1. The SMILES string of the molecule is CCC(C)n1nccc1NC(=O)CCCc1nc2ccccc2c(=O)[nH]1. The summed E-state index contributed by atoms with van der Waals surface area (Å²) in [6.07, 6.45) is 4.11. The van der Waals surface area contributed by atoms with Gasteiger partial charge < -0.3 is 10.3 Å². The number of carbonyl (C=O) groups excluding carboxylic acids is 1. The fraction of sp³-hybridized carbons (Fsp3) is 0.368. The number of carbonyl (C=O) groups is 1. The second-order valence-electron chi connectivity index (χ2n) is 6.35. The van der Waals surface area contributed by atoms with E-state index in [0.29, 0.717) is 41.8 Å². The van der Waals surface area contributed by atoms with E-state index in [1.165, 1.54) is 0 Å². The summed E-state index contributed by atoms with van der Waals surface area (Å²) in [6, 6.07) is 9.26. The molecule has 1 unspecified atom stereocenters. The van der Waals surface area contributed by atoms with Crippen LogP contribution >= 0.6 is 0 Å². The molecule has 2 aromatic heterocycles. The second-order valence-corrected chi connectivity index (χ2v) is 6.35. The van der Waals surface area contributed by atoms with Gasteiger partial charge in [0.25, 0.3) is 5.56 Å². The summed E-state index contributed by atoms with van der Waals surface area (Å²) in [4.78, 5) is 31.5. The number of para-hydroxylation sites is 1. The van der Waals surface area contributed by atoms with Crippen molar-refractivity contribution in [3.05, 3.63) is 52.7 Å². The molecule has 0 saturated carbocycles. The van der Waals surface area contributed by atoms with Crippen LogP contribution in [0.25, 0.3) is 10.9 Å². The smallest absolute Gasteiger partial charge is 0.258 e. The number of rotatable bonds is 7. The quantitative estimate of drug-likeness (QED) is 0.683. The number of nitrogens with zero attached hydrogens (tertiary/aromatic N) is 3. The Morgan fingerprint density at radius 3 is 2.92 bits per heavy atom. The lowest BCUT2D eigenvalue weighted by Gasteiger charge is -2.14. The molecule has 0 aliphatic rings. The maximum atomic E-state index is 12.2. The Bertz CT molecular complexity index is 960. The number of aromatic amines is 1. The minimum absolute atomic E-state index is 0.0711. The average Bonchev–Trinajstić information content (AvgIpc) is 3.09. The molecule has 1 amide bonds. The third kappa shape index (κ3) is 3.99. The van der Waals surface area contributed by atoms with E-state index in [-0.39, 0.29) is 17.5 Å². The van der Waals surface area contributed by atoms with Crippen molar-refractivity contribution in [2.75, 3.05) is 5.32 Å². The van der Waals surface area contributed by atoms with Crippen LogP contribution in [0.1, 0.15) is 45.0 Å². The number of amides is 1. The zero-order valence-corrected chi connectivity index (χ0v) is 15.0. The zero-order valence-electron chi connectivity index (χ0n) is 15.0. The van der Waals surface area contributed by atoms with Crippen LogP contribution in [0, 0.1) is 0 Å². The third-order valence-electron chi connectivity index (χ3n) is 4.43. The van der Waals surface area contributed by atoms with Gasteiger partial charge in [0, 0.05) is 18.9 Å². The van der Waals surface area contributed by atoms with Crippen molar-refractivity contribution in [1.29, 1.82) is 0 Å². The Labute approximate surface area is 151 Å². The minimum atomic E-state index is -0.146. The van der Waals surface area contributed by atoms with Crippen LogP contribution in [0.4, 0.5) is 5.82 Å². The van der Waals surface area contributed by atoms with Crippen LogP contribution in [-0.2, 0) is 11.2 Å². The van der Waals surface area contributed by atoms with Gasteiger partial charge >= 0.3 is 0 Å². The molecule has 0 aliphatic carbocycles. The van der Waals surface area contributed by atoms with Crippen molar-refractivity contribution in [2.24, 2.45) is 0 Å². The number of aromatic nitrogens is 4.